The van der Waals surface area contributed by atoms with Gasteiger partial charge in [0.15, 0.2) is 0 Å². The topological polar surface area (TPSA) is 95.3 Å². The van der Waals surface area contributed by atoms with Crippen LogP contribution in [0.5, 0.6) is 0 Å². The molecule has 0 aliphatic carbocycles. The second-order valence-electron chi connectivity index (χ2n) is 7.13. The van der Waals surface area contributed by atoms with E-state index in [4.69, 9.17) is 5.73 Å². The van der Waals surface area contributed by atoms with E-state index in [0.29, 0.717) is 19.0 Å². The summed E-state index contributed by atoms with van der Waals surface area (Å²) < 4.78 is 0. The number of primary amides is 1. The van der Waals surface area contributed by atoms with Gasteiger partial charge in [-0.15, -0.1) is 0 Å². The van der Waals surface area contributed by atoms with Gasteiger partial charge in [-0.1, -0.05) is 0 Å². The smallest absolute Gasteiger partial charge is 0.236 e. The van der Waals surface area contributed by atoms with Crippen molar-refractivity contribution in [1.82, 2.24) is 20.0 Å². The van der Waals surface area contributed by atoms with E-state index in [2.05, 4.69) is 21.2 Å². The van der Waals surface area contributed by atoms with Crippen molar-refractivity contribution in [2.24, 2.45) is 11.7 Å². The average molecular weight is 333 g/mol. The number of H-pyrrole nitrogens is 1. The number of aromatic nitrogens is 2. The Balaban J connectivity index is 1.55. The van der Waals surface area contributed by atoms with Crippen LogP contribution in [0, 0.1) is 12.8 Å². The number of hydrogen-bond donors (Lipinski definition) is 2. The largest absolute Gasteiger partial charge is 0.369 e. The molecule has 0 bridgehead atoms. The summed E-state index contributed by atoms with van der Waals surface area (Å²) in [7, 11) is 0. The van der Waals surface area contributed by atoms with Gasteiger partial charge in [0.2, 0.25) is 11.8 Å². The maximum Gasteiger partial charge on any atom is 0.236 e. The number of nitrogens with one attached hydrogen (secondary N) is 1. The first-order chi connectivity index (χ1) is 11.5. The molecular formula is C17H27N5O2. The second kappa shape index (κ2) is 7.34. The predicted molar refractivity (Wildman–Crippen MR) is 90.2 cm³/mol. The molecule has 7 heteroatoms. The van der Waals surface area contributed by atoms with Crippen LogP contribution in [-0.4, -0.2) is 64.5 Å². The molecule has 3 rings (SSSR count). The maximum atomic E-state index is 12.6. The average Bonchev–Trinajstić information content (AvgIpc) is 3.02. The fourth-order valence-electron chi connectivity index (χ4n) is 3.82. The molecule has 0 spiro atoms. The van der Waals surface area contributed by atoms with E-state index in [1.54, 1.807) is 4.90 Å². The lowest BCUT2D eigenvalue weighted by atomic mass is 9.94. The summed E-state index contributed by atoms with van der Waals surface area (Å²) in [6.45, 7) is 5.45. The van der Waals surface area contributed by atoms with Crippen molar-refractivity contribution in [3.8, 4) is 0 Å². The molecule has 7 nitrogen and oxygen atoms in total. The first kappa shape index (κ1) is 17.0. The van der Waals surface area contributed by atoms with Gasteiger partial charge in [0.05, 0.1) is 18.2 Å². The van der Waals surface area contributed by atoms with Crippen molar-refractivity contribution in [3.63, 3.8) is 0 Å². The van der Waals surface area contributed by atoms with E-state index in [1.807, 2.05) is 6.92 Å². The Hall–Kier alpha value is -1.89. The number of nitrogens with zero attached hydrogens (tertiary/aromatic N) is 3. The summed E-state index contributed by atoms with van der Waals surface area (Å²) >= 11 is 0. The SMILES string of the molecule is Cc1cc([C@@H]2CCCN(CC(=O)N3CCC[C@H](C(N)=O)C3)C2)n[nH]1. The maximum absolute atomic E-state index is 12.6. The first-order valence-electron chi connectivity index (χ1n) is 8.84. The Labute approximate surface area is 142 Å². The summed E-state index contributed by atoms with van der Waals surface area (Å²) in [5.41, 5.74) is 7.57. The summed E-state index contributed by atoms with van der Waals surface area (Å²) in [5.74, 6) is 0.0132. The minimum absolute atomic E-state index is 0.111. The van der Waals surface area contributed by atoms with Crippen LogP contribution in [-0.2, 0) is 9.59 Å². The number of amides is 2. The molecule has 0 unspecified atom stereocenters. The Bertz CT molecular complexity index is 600. The van der Waals surface area contributed by atoms with Crippen LogP contribution >= 0.6 is 0 Å². The fraction of sp³-hybridized carbons (Fsp3) is 0.706. The van der Waals surface area contributed by atoms with Crippen LogP contribution in [0.15, 0.2) is 6.07 Å². The minimum atomic E-state index is -0.292. The molecule has 0 saturated carbocycles. The van der Waals surface area contributed by atoms with Crippen LogP contribution in [0.3, 0.4) is 0 Å². The van der Waals surface area contributed by atoms with E-state index in [-0.39, 0.29) is 17.7 Å². The summed E-state index contributed by atoms with van der Waals surface area (Å²) in [6, 6.07) is 2.10. The van der Waals surface area contributed by atoms with Crippen LogP contribution in [0.1, 0.15) is 43.0 Å². The van der Waals surface area contributed by atoms with Crippen molar-refractivity contribution < 1.29 is 9.59 Å². The Kier molecular flexibility index (Phi) is 5.18. The third-order valence-corrected chi connectivity index (χ3v) is 5.18. The van der Waals surface area contributed by atoms with Crippen LogP contribution in [0.25, 0.3) is 0 Å². The molecule has 1 aromatic heterocycles. The monoisotopic (exact) mass is 333 g/mol. The molecular weight excluding hydrogens is 306 g/mol. The summed E-state index contributed by atoms with van der Waals surface area (Å²) in [6.07, 6.45) is 3.84. The number of hydrogen-bond acceptors (Lipinski definition) is 4. The lowest BCUT2D eigenvalue weighted by Crippen LogP contribution is -2.48. The number of piperidine rings is 2. The van der Waals surface area contributed by atoms with Crippen molar-refractivity contribution >= 4 is 11.8 Å². The van der Waals surface area contributed by atoms with Gasteiger partial charge in [-0.3, -0.25) is 19.6 Å². The molecule has 1 aromatic rings. The summed E-state index contributed by atoms with van der Waals surface area (Å²) in [4.78, 5) is 28.0. The Morgan fingerprint density at radius 1 is 1.29 bits per heavy atom. The van der Waals surface area contributed by atoms with E-state index >= 15 is 0 Å². The number of rotatable bonds is 4. The third kappa shape index (κ3) is 3.95. The minimum Gasteiger partial charge on any atom is -0.369 e. The second-order valence-corrected chi connectivity index (χ2v) is 7.13. The van der Waals surface area contributed by atoms with Crippen LogP contribution in [0.4, 0.5) is 0 Å². The molecule has 0 aromatic carbocycles. The zero-order valence-electron chi connectivity index (χ0n) is 14.3. The molecule has 2 atom stereocenters. The zero-order chi connectivity index (χ0) is 17.1. The van der Waals surface area contributed by atoms with Crippen molar-refractivity contribution in [3.05, 3.63) is 17.5 Å². The highest BCUT2D eigenvalue weighted by Crippen LogP contribution is 2.26. The number of aromatic amines is 1. The first-order valence-corrected chi connectivity index (χ1v) is 8.84. The molecule has 3 heterocycles. The van der Waals surface area contributed by atoms with Crippen LogP contribution < -0.4 is 5.73 Å². The molecule has 2 fully saturated rings. The molecule has 2 aliphatic rings. The Morgan fingerprint density at radius 2 is 2.08 bits per heavy atom. The summed E-state index contributed by atoms with van der Waals surface area (Å²) in [5, 5.41) is 7.38. The lowest BCUT2D eigenvalue weighted by molar-refractivity contribution is -0.136. The Morgan fingerprint density at radius 3 is 2.79 bits per heavy atom. The molecule has 24 heavy (non-hydrogen) atoms. The van der Waals surface area contributed by atoms with Gasteiger partial charge in [-0.25, -0.2) is 0 Å². The highest BCUT2D eigenvalue weighted by Gasteiger charge is 2.29. The molecule has 2 amide bonds. The number of carbonyl (C=O) groups excluding carboxylic acids is 2. The standard InChI is InChI=1S/C17H27N5O2/c1-12-8-15(20-19-12)13-4-2-6-21(9-13)11-16(23)22-7-3-5-14(10-22)17(18)24/h8,13-14H,2-7,9-11H2,1H3,(H2,18,24)(H,19,20)/t13-,14+/m1/s1. The van der Waals surface area contributed by atoms with E-state index in [9.17, 15) is 9.59 Å². The van der Waals surface area contributed by atoms with Crippen molar-refractivity contribution in [1.29, 1.82) is 0 Å². The van der Waals surface area contributed by atoms with Gasteiger partial charge in [0.25, 0.3) is 0 Å². The zero-order valence-corrected chi connectivity index (χ0v) is 14.3. The third-order valence-electron chi connectivity index (χ3n) is 5.18. The van der Waals surface area contributed by atoms with Crippen LogP contribution in [0.2, 0.25) is 0 Å². The highest BCUT2D eigenvalue weighted by molar-refractivity contribution is 5.81. The number of aryl methyl sites for hydroxylation is 1. The predicted octanol–water partition coefficient (Wildman–Crippen LogP) is 0.621. The van der Waals surface area contributed by atoms with Gasteiger partial charge in [0, 0.05) is 31.2 Å². The van der Waals surface area contributed by atoms with Crippen molar-refractivity contribution in [2.45, 2.75) is 38.5 Å². The van der Waals surface area contributed by atoms with Gasteiger partial charge < -0.3 is 10.6 Å². The molecule has 3 N–H and O–H groups in total. The molecule has 2 saturated heterocycles. The van der Waals surface area contributed by atoms with Gasteiger partial charge in [-0.2, -0.15) is 5.10 Å². The molecule has 2 aliphatic heterocycles. The van der Waals surface area contributed by atoms with Crippen molar-refractivity contribution in [2.75, 3.05) is 32.7 Å². The van der Waals surface area contributed by atoms with E-state index in [1.165, 1.54) is 0 Å². The molecule has 132 valence electrons. The quantitative estimate of drug-likeness (QED) is 0.844. The number of likely N-dealkylation sites (tertiary alicyclic amines) is 2. The molecule has 0 radical (unpaired) electrons. The van der Waals surface area contributed by atoms with Gasteiger partial charge >= 0.3 is 0 Å². The van der Waals surface area contributed by atoms with E-state index < -0.39 is 0 Å². The normalized spacial score (nSPS) is 25.6. The van der Waals surface area contributed by atoms with Gasteiger partial charge in [0.1, 0.15) is 0 Å². The number of nitrogens with two attached hydrogens (primary N) is 1. The van der Waals surface area contributed by atoms with E-state index in [0.717, 1.165) is 56.7 Å². The lowest BCUT2D eigenvalue weighted by Gasteiger charge is -2.35. The fourth-order valence-corrected chi connectivity index (χ4v) is 3.82. The highest BCUT2D eigenvalue weighted by atomic mass is 16.2. The van der Waals surface area contributed by atoms with Gasteiger partial charge in [-0.05, 0) is 45.2 Å². The number of carbonyl (C=O) groups is 2.